The number of nitrogens with zero attached hydrogens (tertiary/aromatic N) is 1. The predicted octanol–water partition coefficient (Wildman–Crippen LogP) is 2.74. The highest BCUT2D eigenvalue weighted by Gasteiger charge is 2.20. The highest BCUT2D eigenvalue weighted by molar-refractivity contribution is 7.90. The molecule has 2 N–H and O–H groups in total. The first kappa shape index (κ1) is 20.0. The van der Waals surface area contributed by atoms with Crippen LogP contribution in [0.25, 0.3) is 11.3 Å². The first-order valence-corrected chi connectivity index (χ1v) is 11.3. The summed E-state index contributed by atoms with van der Waals surface area (Å²) in [4.78, 5) is 13.1. The van der Waals surface area contributed by atoms with Crippen LogP contribution < -0.4 is 14.8 Å². The molecule has 0 radical (unpaired) electrons. The molecular formula is C21H21N3O5S. The van der Waals surface area contributed by atoms with Crippen molar-refractivity contribution >= 4 is 15.7 Å². The Kier molecular flexibility index (Phi) is 5.21. The number of hydrogen-bond donors (Lipinski definition) is 2. The first-order valence-electron chi connectivity index (χ1n) is 9.37. The van der Waals surface area contributed by atoms with E-state index in [1.165, 1.54) is 18.3 Å². The van der Waals surface area contributed by atoms with Crippen molar-refractivity contribution in [2.75, 3.05) is 19.5 Å². The average molecular weight is 427 g/mol. The Labute approximate surface area is 174 Å². The zero-order valence-electron chi connectivity index (χ0n) is 16.5. The SMILES string of the molecule is CC(NC(=O)c1cn[nH]c1-c1ccc2c(c1)OCCO2)c1ccc(S(C)(=O)=O)cc1. The number of H-pyrrole nitrogens is 1. The summed E-state index contributed by atoms with van der Waals surface area (Å²) in [7, 11) is -3.27. The van der Waals surface area contributed by atoms with Crippen LogP contribution in [-0.2, 0) is 9.84 Å². The van der Waals surface area contributed by atoms with Gasteiger partial charge in [0.25, 0.3) is 5.91 Å². The lowest BCUT2D eigenvalue weighted by molar-refractivity contribution is 0.0940. The van der Waals surface area contributed by atoms with Crippen LogP contribution >= 0.6 is 0 Å². The van der Waals surface area contributed by atoms with Crippen LogP contribution in [0.1, 0.15) is 28.9 Å². The second kappa shape index (κ2) is 7.83. The van der Waals surface area contributed by atoms with Gasteiger partial charge in [0, 0.05) is 11.8 Å². The van der Waals surface area contributed by atoms with Crippen LogP contribution in [-0.4, -0.2) is 44.0 Å². The largest absolute Gasteiger partial charge is 0.486 e. The van der Waals surface area contributed by atoms with Gasteiger partial charge in [0.05, 0.1) is 28.4 Å². The van der Waals surface area contributed by atoms with E-state index < -0.39 is 9.84 Å². The number of amides is 1. The molecule has 156 valence electrons. The third-order valence-corrected chi connectivity index (χ3v) is 6.00. The quantitative estimate of drug-likeness (QED) is 0.648. The zero-order chi connectivity index (χ0) is 21.3. The topological polar surface area (TPSA) is 110 Å². The highest BCUT2D eigenvalue weighted by Crippen LogP contribution is 2.35. The number of sulfone groups is 1. The Hall–Kier alpha value is -3.33. The lowest BCUT2D eigenvalue weighted by atomic mass is 10.1. The Morgan fingerprint density at radius 3 is 2.50 bits per heavy atom. The van der Waals surface area contributed by atoms with Crippen molar-refractivity contribution in [2.24, 2.45) is 0 Å². The van der Waals surface area contributed by atoms with E-state index in [-0.39, 0.29) is 16.8 Å². The number of carbonyl (C=O) groups is 1. The van der Waals surface area contributed by atoms with E-state index in [0.29, 0.717) is 36.0 Å². The number of fused-ring (bicyclic) bond motifs is 1. The van der Waals surface area contributed by atoms with Crippen LogP contribution in [0.2, 0.25) is 0 Å². The summed E-state index contributed by atoms with van der Waals surface area (Å²) in [5.74, 6) is 0.994. The van der Waals surface area contributed by atoms with Crippen LogP contribution in [0.5, 0.6) is 11.5 Å². The number of benzene rings is 2. The van der Waals surface area contributed by atoms with Crippen LogP contribution in [0.3, 0.4) is 0 Å². The number of aromatic amines is 1. The molecule has 0 saturated heterocycles. The van der Waals surface area contributed by atoms with E-state index in [1.807, 2.05) is 19.1 Å². The van der Waals surface area contributed by atoms with Crippen molar-refractivity contribution in [3.05, 3.63) is 59.8 Å². The molecule has 1 atom stereocenters. The molecule has 9 heteroatoms. The number of nitrogens with one attached hydrogen (secondary N) is 2. The summed E-state index contributed by atoms with van der Waals surface area (Å²) in [5, 5.41) is 9.82. The summed E-state index contributed by atoms with van der Waals surface area (Å²) >= 11 is 0. The zero-order valence-corrected chi connectivity index (χ0v) is 17.3. The molecule has 30 heavy (non-hydrogen) atoms. The van der Waals surface area contributed by atoms with Crippen molar-refractivity contribution in [3.63, 3.8) is 0 Å². The minimum atomic E-state index is -3.27. The minimum Gasteiger partial charge on any atom is -0.486 e. The monoisotopic (exact) mass is 427 g/mol. The fourth-order valence-corrected chi connectivity index (χ4v) is 3.87. The van der Waals surface area contributed by atoms with E-state index in [0.717, 1.165) is 17.4 Å². The van der Waals surface area contributed by atoms with Gasteiger partial charge in [0.1, 0.15) is 13.2 Å². The maximum absolute atomic E-state index is 12.9. The molecular weight excluding hydrogens is 406 g/mol. The maximum Gasteiger partial charge on any atom is 0.255 e. The molecule has 3 aromatic rings. The lowest BCUT2D eigenvalue weighted by Crippen LogP contribution is -2.26. The third-order valence-electron chi connectivity index (χ3n) is 4.87. The Bertz CT molecular complexity index is 1190. The summed E-state index contributed by atoms with van der Waals surface area (Å²) in [6.07, 6.45) is 2.63. The fourth-order valence-electron chi connectivity index (χ4n) is 3.24. The van der Waals surface area contributed by atoms with E-state index >= 15 is 0 Å². The van der Waals surface area contributed by atoms with Gasteiger partial charge in [-0.15, -0.1) is 0 Å². The third kappa shape index (κ3) is 4.02. The second-order valence-corrected chi connectivity index (χ2v) is 9.07. The summed E-state index contributed by atoms with van der Waals surface area (Å²) in [5.41, 5.74) is 2.52. The fraction of sp³-hybridized carbons (Fsp3) is 0.238. The van der Waals surface area contributed by atoms with Gasteiger partial charge in [-0.1, -0.05) is 12.1 Å². The average Bonchev–Trinajstić information content (AvgIpc) is 3.23. The molecule has 2 aromatic carbocycles. The predicted molar refractivity (Wildman–Crippen MR) is 110 cm³/mol. The maximum atomic E-state index is 12.9. The molecule has 0 saturated carbocycles. The number of carbonyl (C=O) groups excluding carboxylic acids is 1. The van der Waals surface area contributed by atoms with Crippen molar-refractivity contribution in [3.8, 4) is 22.8 Å². The van der Waals surface area contributed by atoms with Crippen LogP contribution in [0, 0.1) is 0 Å². The van der Waals surface area contributed by atoms with E-state index in [2.05, 4.69) is 15.5 Å². The summed E-state index contributed by atoms with van der Waals surface area (Å²) < 4.78 is 34.4. The smallest absolute Gasteiger partial charge is 0.255 e. The van der Waals surface area contributed by atoms with Crippen molar-refractivity contribution < 1.29 is 22.7 Å². The number of ether oxygens (including phenoxy) is 2. The lowest BCUT2D eigenvalue weighted by Gasteiger charge is -2.19. The Balaban J connectivity index is 1.53. The van der Waals surface area contributed by atoms with Gasteiger partial charge in [-0.2, -0.15) is 5.10 Å². The molecule has 0 fully saturated rings. The van der Waals surface area contributed by atoms with Crippen molar-refractivity contribution in [1.82, 2.24) is 15.5 Å². The molecule has 1 aliphatic heterocycles. The Morgan fingerprint density at radius 2 is 1.80 bits per heavy atom. The van der Waals surface area contributed by atoms with Gasteiger partial charge < -0.3 is 14.8 Å². The van der Waals surface area contributed by atoms with Crippen LogP contribution in [0.15, 0.2) is 53.6 Å². The standard InChI is InChI=1S/C21H21N3O5S/c1-13(14-3-6-16(7-4-14)30(2,26)27)23-21(25)17-12-22-24-20(17)15-5-8-18-19(11-15)29-10-9-28-18/h3-8,11-13H,9-10H2,1-2H3,(H,22,24)(H,23,25). The van der Waals surface area contributed by atoms with E-state index in [9.17, 15) is 13.2 Å². The van der Waals surface area contributed by atoms with Gasteiger partial charge in [0.15, 0.2) is 21.3 Å². The molecule has 1 amide bonds. The van der Waals surface area contributed by atoms with E-state index in [1.54, 1.807) is 18.2 Å². The molecule has 1 aliphatic rings. The molecule has 0 bridgehead atoms. The molecule has 4 rings (SSSR count). The number of hydrogen-bond acceptors (Lipinski definition) is 6. The van der Waals surface area contributed by atoms with Crippen molar-refractivity contribution in [1.29, 1.82) is 0 Å². The normalized spacial score (nSPS) is 14.2. The second-order valence-electron chi connectivity index (χ2n) is 7.05. The van der Waals surface area contributed by atoms with E-state index in [4.69, 9.17) is 9.47 Å². The minimum absolute atomic E-state index is 0.237. The van der Waals surface area contributed by atoms with Gasteiger partial charge in [-0.25, -0.2) is 8.42 Å². The molecule has 1 unspecified atom stereocenters. The highest BCUT2D eigenvalue weighted by atomic mass is 32.2. The molecule has 8 nitrogen and oxygen atoms in total. The summed E-state index contributed by atoms with van der Waals surface area (Å²) in [6.45, 7) is 2.81. The van der Waals surface area contributed by atoms with Crippen LogP contribution in [0.4, 0.5) is 0 Å². The molecule has 1 aromatic heterocycles. The first-order chi connectivity index (χ1) is 14.3. The molecule has 2 heterocycles. The van der Waals surface area contributed by atoms with Crippen molar-refractivity contribution in [2.45, 2.75) is 17.9 Å². The molecule has 0 aliphatic carbocycles. The molecule has 0 spiro atoms. The number of rotatable bonds is 5. The summed E-state index contributed by atoms with van der Waals surface area (Å²) in [6, 6.07) is 11.6. The Morgan fingerprint density at radius 1 is 1.10 bits per heavy atom. The number of aromatic nitrogens is 2. The van der Waals surface area contributed by atoms with Gasteiger partial charge in [-0.3, -0.25) is 9.89 Å². The van der Waals surface area contributed by atoms with Gasteiger partial charge in [-0.05, 0) is 42.8 Å². The van der Waals surface area contributed by atoms with Gasteiger partial charge in [0.2, 0.25) is 0 Å². The van der Waals surface area contributed by atoms with Gasteiger partial charge >= 0.3 is 0 Å².